The zero-order chi connectivity index (χ0) is 15.1. The Morgan fingerprint density at radius 2 is 1.95 bits per heavy atom. The second-order valence-corrected chi connectivity index (χ2v) is 5.56. The van der Waals surface area contributed by atoms with Crippen LogP contribution in [0.5, 0.6) is 0 Å². The summed E-state index contributed by atoms with van der Waals surface area (Å²) in [6, 6.07) is 16.0. The molecular weight excluding hydrogens is 274 g/mol. The maximum absolute atomic E-state index is 12.7. The summed E-state index contributed by atoms with van der Waals surface area (Å²) in [4.78, 5) is 20.4. The van der Waals surface area contributed by atoms with Crippen molar-refractivity contribution in [2.24, 2.45) is 0 Å². The number of aryl methyl sites for hydroxylation is 1. The summed E-state index contributed by atoms with van der Waals surface area (Å²) >= 11 is 0. The number of fused-ring (bicyclic) bond motifs is 3. The topological polar surface area (TPSA) is 50.7 Å². The number of aromatic nitrogens is 3. The number of nitrogens with zero attached hydrogens (tertiary/aromatic N) is 2. The van der Waals surface area contributed by atoms with Crippen molar-refractivity contribution < 1.29 is 0 Å². The molecule has 0 bridgehead atoms. The van der Waals surface area contributed by atoms with Crippen molar-refractivity contribution in [3.8, 4) is 0 Å². The highest BCUT2D eigenvalue weighted by Gasteiger charge is 2.11. The molecule has 0 saturated carbocycles. The number of rotatable bonds is 2. The molecule has 0 spiro atoms. The van der Waals surface area contributed by atoms with Crippen LogP contribution < -0.4 is 5.56 Å². The van der Waals surface area contributed by atoms with Crippen LogP contribution in [0.25, 0.3) is 21.9 Å². The van der Waals surface area contributed by atoms with Gasteiger partial charge in [-0.25, -0.2) is 4.98 Å². The average Bonchev–Trinajstić information content (AvgIpc) is 2.90. The Balaban J connectivity index is 1.90. The first-order valence-corrected chi connectivity index (χ1v) is 7.24. The summed E-state index contributed by atoms with van der Waals surface area (Å²) < 4.78 is 1.64. The fourth-order valence-electron chi connectivity index (χ4n) is 2.80. The number of hydrogen-bond acceptors (Lipinski definition) is 2. The molecule has 22 heavy (non-hydrogen) atoms. The van der Waals surface area contributed by atoms with E-state index in [0.29, 0.717) is 12.1 Å². The summed E-state index contributed by atoms with van der Waals surface area (Å²) in [5.74, 6) is 0. The maximum atomic E-state index is 12.7. The van der Waals surface area contributed by atoms with E-state index < -0.39 is 0 Å². The van der Waals surface area contributed by atoms with Gasteiger partial charge >= 0.3 is 0 Å². The molecule has 2 aromatic heterocycles. The number of benzene rings is 2. The minimum atomic E-state index is -0.0392. The van der Waals surface area contributed by atoms with Crippen LogP contribution >= 0.6 is 0 Å². The van der Waals surface area contributed by atoms with Crippen LogP contribution in [0.15, 0.2) is 59.7 Å². The van der Waals surface area contributed by atoms with Crippen LogP contribution in [-0.4, -0.2) is 14.5 Å². The minimum Gasteiger partial charge on any atom is -0.349 e. The molecule has 0 fully saturated rings. The van der Waals surface area contributed by atoms with E-state index in [2.05, 4.69) is 16.0 Å². The largest absolute Gasteiger partial charge is 0.349 e. The van der Waals surface area contributed by atoms with Crippen molar-refractivity contribution in [1.29, 1.82) is 0 Å². The Bertz CT molecular complexity index is 1030. The van der Waals surface area contributed by atoms with Crippen LogP contribution in [0.2, 0.25) is 0 Å². The lowest BCUT2D eigenvalue weighted by molar-refractivity contribution is 0.747. The van der Waals surface area contributed by atoms with E-state index in [4.69, 9.17) is 0 Å². The molecule has 4 rings (SSSR count). The third-order valence-electron chi connectivity index (χ3n) is 3.92. The van der Waals surface area contributed by atoms with Gasteiger partial charge < -0.3 is 4.98 Å². The molecule has 0 unspecified atom stereocenters. The third kappa shape index (κ3) is 2.00. The Kier molecular flexibility index (Phi) is 2.82. The molecule has 0 atom stereocenters. The third-order valence-corrected chi connectivity index (χ3v) is 3.92. The smallest absolute Gasteiger partial charge is 0.277 e. The minimum absolute atomic E-state index is 0.0392. The Hall–Kier alpha value is -2.88. The van der Waals surface area contributed by atoms with E-state index in [1.165, 1.54) is 0 Å². The van der Waals surface area contributed by atoms with E-state index in [9.17, 15) is 4.79 Å². The highest BCUT2D eigenvalue weighted by atomic mass is 16.1. The molecule has 0 saturated heterocycles. The Morgan fingerprint density at radius 3 is 2.77 bits per heavy atom. The zero-order valence-electron chi connectivity index (χ0n) is 12.2. The molecule has 0 aliphatic heterocycles. The molecule has 0 radical (unpaired) electrons. The second kappa shape index (κ2) is 4.84. The van der Waals surface area contributed by atoms with E-state index in [-0.39, 0.29) is 5.56 Å². The van der Waals surface area contributed by atoms with Gasteiger partial charge in [0.2, 0.25) is 0 Å². The average molecular weight is 289 g/mol. The first kappa shape index (κ1) is 12.8. The van der Waals surface area contributed by atoms with Gasteiger partial charge in [-0.15, -0.1) is 0 Å². The predicted molar refractivity (Wildman–Crippen MR) is 88.1 cm³/mol. The monoisotopic (exact) mass is 289 g/mol. The van der Waals surface area contributed by atoms with Gasteiger partial charge in [0.15, 0.2) is 0 Å². The fraction of sp³-hybridized carbons (Fsp3) is 0.111. The highest BCUT2D eigenvalue weighted by molar-refractivity contribution is 6.04. The van der Waals surface area contributed by atoms with Gasteiger partial charge in [0.25, 0.3) is 5.56 Å². The van der Waals surface area contributed by atoms with Crippen molar-refractivity contribution in [2.75, 3.05) is 0 Å². The van der Waals surface area contributed by atoms with E-state index in [1.807, 2.05) is 49.4 Å². The molecule has 2 heterocycles. The number of aromatic amines is 1. The van der Waals surface area contributed by atoms with Gasteiger partial charge in [0.1, 0.15) is 11.0 Å². The maximum Gasteiger partial charge on any atom is 0.277 e. The quantitative estimate of drug-likeness (QED) is 0.616. The molecule has 108 valence electrons. The first-order chi connectivity index (χ1) is 10.7. The summed E-state index contributed by atoms with van der Waals surface area (Å²) in [5.41, 5.74) is 4.46. The molecule has 0 aliphatic carbocycles. The van der Waals surface area contributed by atoms with Crippen LogP contribution in [-0.2, 0) is 6.54 Å². The van der Waals surface area contributed by atoms with Gasteiger partial charge in [-0.1, -0.05) is 42.0 Å². The van der Waals surface area contributed by atoms with Gasteiger partial charge in [-0.3, -0.25) is 9.36 Å². The highest BCUT2D eigenvalue weighted by Crippen LogP contribution is 2.22. The molecule has 4 aromatic rings. The standard InChI is InChI=1S/C18H15N3O/c1-12-7-8-15-14(9-12)16-17(20-15)18(22)21(11-19-16)10-13-5-3-2-4-6-13/h2-9,11,20H,10H2,1H3. The molecule has 4 heteroatoms. The van der Waals surface area contributed by atoms with Gasteiger partial charge in [0.05, 0.1) is 12.9 Å². The van der Waals surface area contributed by atoms with Crippen LogP contribution in [0, 0.1) is 6.92 Å². The number of hydrogen-bond donors (Lipinski definition) is 1. The van der Waals surface area contributed by atoms with Crippen LogP contribution in [0.1, 0.15) is 11.1 Å². The van der Waals surface area contributed by atoms with Crippen molar-refractivity contribution in [3.05, 3.63) is 76.3 Å². The SMILES string of the molecule is Cc1ccc2[nH]c3c(=O)n(Cc4ccccc4)cnc3c2c1. The van der Waals surface area contributed by atoms with Crippen molar-refractivity contribution in [1.82, 2.24) is 14.5 Å². The summed E-state index contributed by atoms with van der Waals surface area (Å²) in [6.45, 7) is 2.56. The molecule has 2 aromatic carbocycles. The van der Waals surface area contributed by atoms with E-state index >= 15 is 0 Å². The molecule has 4 nitrogen and oxygen atoms in total. The predicted octanol–water partition coefficient (Wildman–Crippen LogP) is 3.23. The van der Waals surface area contributed by atoms with Crippen LogP contribution in [0.3, 0.4) is 0 Å². The molecule has 0 aliphatic rings. The molecule has 1 N–H and O–H groups in total. The van der Waals surface area contributed by atoms with Crippen LogP contribution in [0.4, 0.5) is 0 Å². The van der Waals surface area contributed by atoms with Crippen molar-refractivity contribution in [3.63, 3.8) is 0 Å². The van der Waals surface area contributed by atoms with Crippen molar-refractivity contribution in [2.45, 2.75) is 13.5 Å². The number of H-pyrrole nitrogens is 1. The summed E-state index contributed by atoms with van der Waals surface area (Å²) in [7, 11) is 0. The molecular formula is C18H15N3O. The van der Waals surface area contributed by atoms with E-state index in [0.717, 1.165) is 27.5 Å². The molecule has 0 amide bonds. The van der Waals surface area contributed by atoms with Crippen molar-refractivity contribution >= 4 is 21.9 Å². The number of nitrogens with one attached hydrogen (secondary N) is 1. The second-order valence-electron chi connectivity index (χ2n) is 5.56. The lowest BCUT2D eigenvalue weighted by Gasteiger charge is -2.05. The Morgan fingerprint density at radius 1 is 1.14 bits per heavy atom. The Labute approximate surface area is 127 Å². The normalized spacial score (nSPS) is 11.3. The van der Waals surface area contributed by atoms with Gasteiger partial charge in [0, 0.05) is 10.9 Å². The fourth-order valence-corrected chi connectivity index (χ4v) is 2.80. The first-order valence-electron chi connectivity index (χ1n) is 7.24. The summed E-state index contributed by atoms with van der Waals surface area (Å²) in [5, 5.41) is 0.999. The van der Waals surface area contributed by atoms with Gasteiger partial charge in [-0.2, -0.15) is 0 Å². The lowest BCUT2D eigenvalue weighted by Crippen LogP contribution is -2.21. The van der Waals surface area contributed by atoms with E-state index in [1.54, 1.807) is 10.9 Å². The summed E-state index contributed by atoms with van der Waals surface area (Å²) in [6.07, 6.45) is 1.63. The van der Waals surface area contributed by atoms with Gasteiger partial charge in [-0.05, 0) is 24.6 Å². The lowest BCUT2D eigenvalue weighted by atomic mass is 10.1. The zero-order valence-corrected chi connectivity index (χ0v) is 12.2.